The van der Waals surface area contributed by atoms with Gasteiger partial charge in [0.15, 0.2) is 0 Å². The second-order valence-electron chi connectivity index (χ2n) is 4.78. The molecule has 3 rings (SSSR count). The first kappa shape index (κ1) is 15.7. The Hall–Kier alpha value is -1.20. The Balaban J connectivity index is 1.88. The van der Waals surface area contributed by atoms with Crippen LogP contribution in [0.4, 0.5) is 0 Å². The van der Waals surface area contributed by atoms with E-state index in [1.165, 1.54) is 0 Å². The molecule has 0 aliphatic heterocycles. The highest BCUT2D eigenvalue weighted by Gasteiger charge is 2.11. The van der Waals surface area contributed by atoms with E-state index in [0.29, 0.717) is 17.3 Å². The third kappa shape index (κ3) is 3.41. The summed E-state index contributed by atoms with van der Waals surface area (Å²) in [4.78, 5) is 5.77. The second kappa shape index (κ2) is 6.92. The number of hydrogen-bond acceptors (Lipinski definition) is 3. The Morgan fingerprint density at radius 1 is 1.05 bits per heavy atom. The summed E-state index contributed by atoms with van der Waals surface area (Å²) in [5.74, 6) is 1.64. The second-order valence-corrected chi connectivity index (χ2v) is 6.70. The Kier molecular flexibility index (Phi) is 4.93. The molecule has 0 fully saturated rings. The van der Waals surface area contributed by atoms with E-state index in [1.807, 2.05) is 47.0 Å². The zero-order chi connectivity index (χ0) is 15.5. The van der Waals surface area contributed by atoms with Crippen LogP contribution in [0.5, 0.6) is 0 Å². The maximum Gasteiger partial charge on any atom is 0.120 e. The number of thioether (sulfide) groups is 1. The first-order chi connectivity index (χ1) is 10.7. The molecule has 1 N–H and O–H groups in total. The zero-order valence-corrected chi connectivity index (χ0v) is 14.0. The third-order valence-electron chi connectivity index (χ3n) is 3.29. The first-order valence-corrected chi connectivity index (χ1v) is 8.55. The van der Waals surface area contributed by atoms with Gasteiger partial charge in [-0.15, -0.1) is 11.8 Å². The average Bonchev–Trinajstić information content (AvgIpc) is 2.84. The smallest absolute Gasteiger partial charge is 0.120 e. The van der Waals surface area contributed by atoms with E-state index >= 15 is 0 Å². The van der Waals surface area contributed by atoms with Crippen molar-refractivity contribution in [3.8, 4) is 0 Å². The zero-order valence-electron chi connectivity index (χ0n) is 11.7. The van der Waals surface area contributed by atoms with Gasteiger partial charge in [0, 0.05) is 21.5 Å². The van der Waals surface area contributed by atoms with Crippen LogP contribution >= 0.6 is 35.0 Å². The van der Waals surface area contributed by atoms with E-state index in [1.54, 1.807) is 11.8 Å². The number of benzene rings is 2. The molecule has 1 aromatic heterocycles. The van der Waals surface area contributed by atoms with Gasteiger partial charge in [0.25, 0.3) is 0 Å². The molecule has 0 unspecified atom stereocenters. The van der Waals surface area contributed by atoms with Gasteiger partial charge in [0.1, 0.15) is 5.82 Å². The molecule has 3 aromatic rings. The Labute approximate surface area is 142 Å². The Morgan fingerprint density at radius 3 is 2.50 bits per heavy atom. The Morgan fingerprint density at radius 2 is 1.77 bits per heavy atom. The summed E-state index contributed by atoms with van der Waals surface area (Å²) >= 11 is 13.6. The van der Waals surface area contributed by atoms with Crippen molar-refractivity contribution in [3.05, 3.63) is 58.3 Å². The summed E-state index contributed by atoms with van der Waals surface area (Å²) in [5.41, 5.74) is 1.85. The third-order valence-corrected chi connectivity index (χ3v) is 4.79. The quantitative estimate of drug-likeness (QED) is 0.680. The molecule has 0 saturated carbocycles. The van der Waals surface area contributed by atoms with Crippen LogP contribution in [0.3, 0.4) is 0 Å². The maximum absolute atomic E-state index is 9.30. The van der Waals surface area contributed by atoms with E-state index in [0.717, 1.165) is 26.8 Å². The number of fused-ring (bicyclic) bond motifs is 1. The van der Waals surface area contributed by atoms with Crippen LogP contribution in [-0.4, -0.2) is 21.3 Å². The molecule has 0 saturated heterocycles. The van der Waals surface area contributed by atoms with Gasteiger partial charge < -0.3 is 9.67 Å². The number of hydrogen-bond donors (Lipinski definition) is 1. The van der Waals surface area contributed by atoms with Crippen molar-refractivity contribution in [3.63, 3.8) is 0 Å². The lowest BCUT2D eigenvalue weighted by Gasteiger charge is -2.07. The Bertz CT molecular complexity index is 787. The molecule has 3 nitrogen and oxygen atoms in total. The first-order valence-electron chi connectivity index (χ1n) is 6.81. The minimum absolute atomic E-state index is 0.0761. The summed E-state index contributed by atoms with van der Waals surface area (Å²) in [6.45, 7) is 0.599. The molecular weight excluding hydrogens is 339 g/mol. The molecule has 1 heterocycles. The number of halogens is 2. The predicted octanol–water partition coefficient (Wildman–Crippen LogP) is 4.63. The summed E-state index contributed by atoms with van der Waals surface area (Å²) in [5, 5.41) is 10.7. The number of nitrogens with zero attached hydrogens (tertiary/aromatic N) is 2. The van der Waals surface area contributed by atoms with Crippen LogP contribution in [0.25, 0.3) is 11.0 Å². The fourth-order valence-corrected chi connectivity index (χ4v) is 3.43. The van der Waals surface area contributed by atoms with Crippen LogP contribution in [0.15, 0.2) is 47.4 Å². The topological polar surface area (TPSA) is 38.0 Å². The summed E-state index contributed by atoms with van der Waals surface area (Å²) in [6, 6.07) is 13.4. The van der Waals surface area contributed by atoms with Gasteiger partial charge >= 0.3 is 0 Å². The molecule has 0 radical (unpaired) electrons. The van der Waals surface area contributed by atoms with E-state index < -0.39 is 0 Å². The van der Waals surface area contributed by atoms with Gasteiger partial charge in [-0.1, -0.05) is 23.2 Å². The molecule has 0 aliphatic rings. The largest absolute Gasteiger partial charge is 0.395 e. The number of aliphatic hydroxyl groups is 1. The standard InChI is InChI=1S/C16H14Cl2N2OS/c17-11-1-4-13(5-2-11)22-10-16-19-14-9-12(18)3-6-15(14)20(16)7-8-21/h1-6,9,21H,7-8,10H2. The molecular formula is C16H14Cl2N2OS. The van der Waals surface area contributed by atoms with Crippen LogP contribution < -0.4 is 0 Å². The number of aromatic nitrogens is 2. The fraction of sp³-hybridized carbons (Fsp3) is 0.188. The molecule has 0 bridgehead atoms. The van der Waals surface area contributed by atoms with E-state index in [-0.39, 0.29) is 6.61 Å². The van der Waals surface area contributed by atoms with Crippen LogP contribution in [0.2, 0.25) is 10.0 Å². The molecule has 6 heteroatoms. The van der Waals surface area contributed by atoms with Crippen molar-refractivity contribution in [1.82, 2.24) is 9.55 Å². The van der Waals surface area contributed by atoms with E-state index in [9.17, 15) is 5.11 Å². The normalized spacial score (nSPS) is 11.2. The van der Waals surface area contributed by atoms with Crippen LogP contribution in [-0.2, 0) is 12.3 Å². The van der Waals surface area contributed by atoms with E-state index in [2.05, 4.69) is 4.98 Å². The summed E-state index contributed by atoms with van der Waals surface area (Å²) < 4.78 is 2.04. The minimum Gasteiger partial charge on any atom is -0.395 e. The average molecular weight is 353 g/mol. The number of rotatable bonds is 5. The van der Waals surface area contributed by atoms with Gasteiger partial charge in [-0.2, -0.15) is 0 Å². The lowest BCUT2D eigenvalue weighted by Crippen LogP contribution is -2.06. The minimum atomic E-state index is 0.0761. The monoisotopic (exact) mass is 352 g/mol. The summed E-state index contributed by atoms with van der Waals surface area (Å²) in [6.07, 6.45) is 0. The summed E-state index contributed by atoms with van der Waals surface area (Å²) in [7, 11) is 0. The van der Waals surface area contributed by atoms with Gasteiger partial charge in [-0.3, -0.25) is 0 Å². The van der Waals surface area contributed by atoms with Crippen molar-refractivity contribution >= 4 is 46.0 Å². The van der Waals surface area contributed by atoms with Crippen molar-refractivity contribution in [2.45, 2.75) is 17.2 Å². The SMILES string of the molecule is OCCn1c(CSc2ccc(Cl)cc2)nc2cc(Cl)ccc21. The molecule has 2 aromatic carbocycles. The van der Waals surface area contributed by atoms with Crippen LogP contribution in [0.1, 0.15) is 5.82 Å². The predicted molar refractivity (Wildman–Crippen MR) is 92.8 cm³/mol. The lowest BCUT2D eigenvalue weighted by molar-refractivity contribution is 0.276. The van der Waals surface area contributed by atoms with Gasteiger partial charge in [-0.05, 0) is 42.5 Å². The highest BCUT2D eigenvalue weighted by atomic mass is 35.5. The van der Waals surface area contributed by atoms with Gasteiger partial charge in [-0.25, -0.2) is 4.98 Å². The highest BCUT2D eigenvalue weighted by Crippen LogP contribution is 2.27. The van der Waals surface area contributed by atoms with Gasteiger partial charge in [0.05, 0.1) is 23.4 Å². The highest BCUT2D eigenvalue weighted by molar-refractivity contribution is 7.98. The molecule has 0 aliphatic carbocycles. The molecule has 0 spiro atoms. The molecule has 22 heavy (non-hydrogen) atoms. The van der Waals surface area contributed by atoms with E-state index in [4.69, 9.17) is 23.2 Å². The fourth-order valence-electron chi connectivity index (χ4n) is 2.29. The van der Waals surface area contributed by atoms with Crippen molar-refractivity contribution in [2.75, 3.05) is 6.61 Å². The molecule has 0 atom stereocenters. The molecule has 0 amide bonds. The van der Waals surface area contributed by atoms with Gasteiger partial charge in [0.2, 0.25) is 0 Å². The van der Waals surface area contributed by atoms with Crippen LogP contribution in [0, 0.1) is 0 Å². The maximum atomic E-state index is 9.30. The van der Waals surface area contributed by atoms with Crippen molar-refractivity contribution in [2.24, 2.45) is 0 Å². The number of imidazole rings is 1. The number of aliphatic hydroxyl groups excluding tert-OH is 1. The van der Waals surface area contributed by atoms with Crippen molar-refractivity contribution < 1.29 is 5.11 Å². The lowest BCUT2D eigenvalue weighted by atomic mass is 10.3. The van der Waals surface area contributed by atoms with Crippen molar-refractivity contribution in [1.29, 1.82) is 0 Å². The molecule has 114 valence electrons.